The molecule has 2 aliphatic heterocycles. The van der Waals surface area contributed by atoms with Crippen molar-refractivity contribution in [1.82, 2.24) is 0 Å². The Labute approximate surface area is 169 Å². The van der Waals surface area contributed by atoms with E-state index in [0.717, 1.165) is 16.9 Å². The Balaban J connectivity index is 1.50. The summed E-state index contributed by atoms with van der Waals surface area (Å²) in [6, 6.07) is 16.5. The van der Waals surface area contributed by atoms with E-state index in [2.05, 4.69) is 4.99 Å². The number of fused-ring (bicyclic) bond motifs is 1. The van der Waals surface area contributed by atoms with Gasteiger partial charge in [0.25, 0.3) is 0 Å². The molecule has 2 aliphatic rings. The van der Waals surface area contributed by atoms with Gasteiger partial charge >= 0.3 is 0 Å². The third-order valence-corrected chi connectivity index (χ3v) is 5.15. The SMILES string of the molecule is COc1ccc(C=N[C@H]2[C@H](OC)O[C@@H]3CO[C@@H](c4ccccc4)O[C@H]3[C@@H]2O)cc1. The molecule has 0 amide bonds. The smallest absolute Gasteiger partial charge is 0.184 e. The first-order valence-electron chi connectivity index (χ1n) is 9.55. The van der Waals surface area contributed by atoms with Gasteiger partial charge in [-0.25, -0.2) is 0 Å². The van der Waals surface area contributed by atoms with E-state index >= 15 is 0 Å². The second-order valence-corrected chi connectivity index (χ2v) is 6.99. The maximum absolute atomic E-state index is 11.0. The fourth-order valence-electron chi connectivity index (χ4n) is 3.57. The van der Waals surface area contributed by atoms with Crippen LogP contribution in [0.1, 0.15) is 17.4 Å². The van der Waals surface area contributed by atoms with Gasteiger partial charge in [-0.05, 0) is 29.8 Å². The number of aliphatic imine (C=N–C) groups is 1. The molecule has 0 aliphatic carbocycles. The van der Waals surface area contributed by atoms with E-state index in [4.69, 9.17) is 23.7 Å². The summed E-state index contributed by atoms with van der Waals surface area (Å²) in [4.78, 5) is 4.54. The molecule has 1 N–H and O–H groups in total. The summed E-state index contributed by atoms with van der Waals surface area (Å²) in [6.07, 6.45) is -1.46. The van der Waals surface area contributed by atoms with Crippen LogP contribution in [0.2, 0.25) is 0 Å². The van der Waals surface area contributed by atoms with Crippen molar-refractivity contribution in [1.29, 1.82) is 0 Å². The van der Waals surface area contributed by atoms with Crippen LogP contribution in [0.4, 0.5) is 0 Å². The number of aliphatic hydroxyl groups is 1. The van der Waals surface area contributed by atoms with Crippen molar-refractivity contribution in [2.24, 2.45) is 4.99 Å². The molecule has 2 aromatic rings. The van der Waals surface area contributed by atoms with Crippen LogP contribution in [-0.4, -0.2) is 62.8 Å². The molecule has 2 saturated heterocycles. The van der Waals surface area contributed by atoms with E-state index in [9.17, 15) is 5.11 Å². The monoisotopic (exact) mass is 399 g/mol. The normalized spacial score (nSPS) is 32.1. The van der Waals surface area contributed by atoms with Gasteiger partial charge in [-0.3, -0.25) is 4.99 Å². The molecule has 0 aromatic heterocycles. The number of aliphatic hydroxyl groups excluding tert-OH is 1. The van der Waals surface area contributed by atoms with E-state index < -0.39 is 36.9 Å². The highest BCUT2D eigenvalue weighted by Gasteiger charge is 2.49. The highest BCUT2D eigenvalue weighted by molar-refractivity contribution is 5.80. The van der Waals surface area contributed by atoms with Crippen LogP contribution in [0, 0.1) is 0 Å². The van der Waals surface area contributed by atoms with Crippen molar-refractivity contribution >= 4 is 6.21 Å². The Bertz CT molecular complexity index is 812. The molecule has 0 spiro atoms. The van der Waals surface area contributed by atoms with Crippen molar-refractivity contribution < 1.29 is 28.8 Å². The van der Waals surface area contributed by atoms with Crippen molar-refractivity contribution in [3.05, 3.63) is 65.7 Å². The van der Waals surface area contributed by atoms with Gasteiger partial charge < -0.3 is 28.8 Å². The summed E-state index contributed by atoms with van der Waals surface area (Å²) in [5.41, 5.74) is 1.77. The summed E-state index contributed by atoms with van der Waals surface area (Å²) >= 11 is 0. The third-order valence-electron chi connectivity index (χ3n) is 5.15. The molecular formula is C22H25NO6. The quantitative estimate of drug-likeness (QED) is 0.778. The maximum atomic E-state index is 11.0. The predicted molar refractivity (Wildman–Crippen MR) is 106 cm³/mol. The van der Waals surface area contributed by atoms with Crippen molar-refractivity contribution in [2.75, 3.05) is 20.8 Å². The second kappa shape index (κ2) is 9.02. The summed E-state index contributed by atoms with van der Waals surface area (Å²) in [5, 5.41) is 11.0. The molecule has 7 heteroatoms. The Kier molecular flexibility index (Phi) is 6.22. The molecule has 2 heterocycles. The van der Waals surface area contributed by atoms with E-state index in [1.54, 1.807) is 13.3 Å². The zero-order chi connectivity index (χ0) is 20.2. The molecule has 7 nitrogen and oxygen atoms in total. The van der Waals surface area contributed by atoms with Gasteiger partial charge in [-0.1, -0.05) is 30.3 Å². The first-order chi connectivity index (χ1) is 14.2. The van der Waals surface area contributed by atoms with Crippen molar-refractivity contribution in [3.8, 4) is 5.75 Å². The van der Waals surface area contributed by atoms with Gasteiger partial charge in [0.2, 0.25) is 0 Å². The lowest BCUT2D eigenvalue weighted by atomic mass is 9.96. The van der Waals surface area contributed by atoms with Crippen LogP contribution < -0.4 is 4.74 Å². The van der Waals surface area contributed by atoms with Crippen molar-refractivity contribution in [3.63, 3.8) is 0 Å². The largest absolute Gasteiger partial charge is 0.497 e. The van der Waals surface area contributed by atoms with Crippen LogP contribution in [0.3, 0.4) is 0 Å². The Morgan fingerprint density at radius 2 is 1.79 bits per heavy atom. The Morgan fingerprint density at radius 1 is 1.03 bits per heavy atom. The summed E-state index contributed by atoms with van der Waals surface area (Å²) in [5.74, 6) is 0.767. The van der Waals surface area contributed by atoms with Gasteiger partial charge in [-0.2, -0.15) is 0 Å². The van der Waals surface area contributed by atoms with Crippen molar-refractivity contribution in [2.45, 2.75) is 36.9 Å². The average Bonchev–Trinajstić information content (AvgIpc) is 2.79. The summed E-state index contributed by atoms with van der Waals surface area (Å²) in [7, 11) is 3.15. The fourth-order valence-corrected chi connectivity index (χ4v) is 3.57. The molecular weight excluding hydrogens is 374 g/mol. The molecule has 2 fully saturated rings. The van der Waals surface area contributed by atoms with Crippen LogP contribution >= 0.6 is 0 Å². The number of methoxy groups -OCH3 is 2. The molecule has 29 heavy (non-hydrogen) atoms. The minimum absolute atomic E-state index is 0.302. The highest BCUT2D eigenvalue weighted by atomic mass is 16.7. The molecule has 0 bridgehead atoms. The first-order valence-corrected chi connectivity index (χ1v) is 9.55. The Morgan fingerprint density at radius 3 is 2.48 bits per heavy atom. The summed E-state index contributed by atoms with van der Waals surface area (Å²) < 4.78 is 28.4. The lowest BCUT2D eigenvalue weighted by molar-refractivity contribution is -0.338. The first kappa shape index (κ1) is 20.0. The number of ether oxygens (including phenoxy) is 5. The summed E-state index contributed by atoms with van der Waals surface area (Å²) in [6.45, 7) is 0.302. The van der Waals surface area contributed by atoms with E-state index in [1.807, 2.05) is 54.6 Å². The number of hydrogen-bond acceptors (Lipinski definition) is 7. The van der Waals surface area contributed by atoms with Crippen LogP contribution in [-0.2, 0) is 18.9 Å². The molecule has 0 unspecified atom stereocenters. The van der Waals surface area contributed by atoms with Crippen LogP contribution in [0.25, 0.3) is 0 Å². The highest BCUT2D eigenvalue weighted by Crippen LogP contribution is 2.35. The minimum atomic E-state index is -0.900. The van der Waals surface area contributed by atoms with Crippen LogP contribution in [0.15, 0.2) is 59.6 Å². The van der Waals surface area contributed by atoms with E-state index in [1.165, 1.54) is 7.11 Å². The number of hydrogen-bond donors (Lipinski definition) is 1. The third kappa shape index (κ3) is 4.34. The molecule has 4 rings (SSSR count). The number of nitrogens with zero attached hydrogens (tertiary/aromatic N) is 1. The zero-order valence-corrected chi connectivity index (χ0v) is 16.4. The van der Waals surface area contributed by atoms with E-state index in [0.29, 0.717) is 6.61 Å². The van der Waals surface area contributed by atoms with Gasteiger partial charge in [0.05, 0.1) is 13.7 Å². The lowest BCUT2D eigenvalue weighted by Gasteiger charge is -2.46. The topological polar surface area (TPSA) is 78.7 Å². The molecule has 2 aromatic carbocycles. The maximum Gasteiger partial charge on any atom is 0.184 e. The molecule has 154 valence electrons. The fraction of sp³-hybridized carbons (Fsp3) is 0.409. The minimum Gasteiger partial charge on any atom is -0.497 e. The second-order valence-electron chi connectivity index (χ2n) is 6.99. The zero-order valence-electron chi connectivity index (χ0n) is 16.4. The lowest BCUT2D eigenvalue weighted by Crippen LogP contribution is -2.61. The average molecular weight is 399 g/mol. The predicted octanol–water partition coefficient (Wildman–Crippen LogP) is 2.33. The molecule has 6 atom stereocenters. The number of benzene rings is 2. The van der Waals surface area contributed by atoms with E-state index in [-0.39, 0.29) is 0 Å². The standard InChI is InChI=1S/C22H25NO6/c1-25-16-10-8-14(9-11-16)12-23-18-19(24)20-17(28-22(18)26-2)13-27-21(29-20)15-6-4-3-5-7-15/h3-12,17-22,24H,13H2,1-2H3/t17-,18-,19-,20-,21-,22-/m1/s1. The van der Waals surface area contributed by atoms with Crippen LogP contribution in [0.5, 0.6) is 5.75 Å². The van der Waals surface area contributed by atoms with Gasteiger partial charge in [0.1, 0.15) is 30.1 Å². The van der Waals surface area contributed by atoms with Gasteiger partial charge in [0.15, 0.2) is 12.6 Å². The van der Waals surface area contributed by atoms with Gasteiger partial charge in [-0.15, -0.1) is 0 Å². The molecule has 0 radical (unpaired) electrons. The number of rotatable bonds is 5. The van der Waals surface area contributed by atoms with Gasteiger partial charge in [0, 0.05) is 18.9 Å². The molecule has 0 saturated carbocycles. The Hall–Kier alpha value is -2.29.